The Balaban J connectivity index is 2.47. The third-order valence-electron chi connectivity index (χ3n) is 3.47. The first-order valence-electron chi connectivity index (χ1n) is 7.08. The van der Waals surface area contributed by atoms with Crippen LogP contribution < -0.4 is 0 Å². The lowest BCUT2D eigenvalue weighted by Gasteiger charge is -2.14. The highest BCUT2D eigenvalue weighted by Crippen LogP contribution is 2.22. The maximum atomic E-state index is 5.91. The van der Waals surface area contributed by atoms with Crippen LogP contribution in [0.3, 0.4) is 0 Å². The topological polar surface area (TPSA) is 44.9 Å². The summed E-state index contributed by atoms with van der Waals surface area (Å²) < 4.78 is 9.41. The average molecular weight is 299 g/mol. The van der Waals surface area contributed by atoms with E-state index in [0.717, 1.165) is 48.7 Å². The molecule has 2 heterocycles. The molecule has 0 bridgehead atoms. The number of methoxy groups -OCH3 is 1. The summed E-state index contributed by atoms with van der Waals surface area (Å²) in [4.78, 5) is 4.76. The lowest BCUT2D eigenvalue weighted by Crippen LogP contribution is -2.16. The van der Waals surface area contributed by atoms with Gasteiger partial charge in [0.1, 0.15) is 11.3 Å². The molecule has 0 radical (unpaired) electrons. The highest BCUT2D eigenvalue weighted by Gasteiger charge is 2.19. The number of hydrogen-bond donors (Lipinski definition) is 0. The minimum atomic E-state index is 0.423. The van der Waals surface area contributed by atoms with E-state index in [1.807, 2.05) is 11.7 Å². The van der Waals surface area contributed by atoms with E-state index in [4.69, 9.17) is 21.3 Å². The number of aryl methyl sites for hydroxylation is 3. The van der Waals surface area contributed by atoms with Gasteiger partial charge in [-0.3, -0.25) is 4.68 Å². The molecule has 6 heteroatoms. The van der Waals surface area contributed by atoms with Crippen molar-refractivity contribution in [2.45, 2.75) is 33.2 Å². The Morgan fingerprint density at radius 2 is 2.15 bits per heavy atom. The van der Waals surface area contributed by atoms with Crippen molar-refractivity contribution in [2.75, 3.05) is 19.6 Å². The molecule has 1 unspecified atom stereocenters. The number of fused-ring (bicyclic) bond motifs is 1. The molecule has 0 saturated carbocycles. The molecule has 0 N–H and O–H groups in total. The van der Waals surface area contributed by atoms with Crippen LogP contribution in [0.15, 0.2) is 0 Å². The van der Waals surface area contributed by atoms with Gasteiger partial charge in [-0.15, -0.1) is 11.6 Å². The van der Waals surface area contributed by atoms with Crippen LogP contribution in [0.5, 0.6) is 0 Å². The van der Waals surface area contributed by atoms with E-state index in [1.165, 1.54) is 0 Å². The highest BCUT2D eigenvalue weighted by molar-refractivity contribution is 6.17. The summed E-state index contributed by atoms with van der Waals surface area (Å²) in [7, 11) is 3.71. The van der Waals surface area contributed by atoms with Crippen molar-refractivity contribution >= 4 is 22.8 Å². The summed E-state index contributed by atoms with van der Waals surface area (Å²) in [6, 6.07) is 0. The predicted molar refractivity (Wildman–Crippen MR) is 81.3 cm³/mol. The second kappa shape index (κ2) is 6.59. The summed E-state index contributed by atoms with van der Waals surface area (Å²) in [5, 5.41) is 4.55. The lowest BCUT2D eigenvalue weighted by molar-refractivity contribution is 0.151. The molecule has 2 aromatic heterocycles. The molecule has 0 aliphatic rings. The van der Waals surface area contributed by atoms with E-state index < -0.39 is 0 Å². The Labute approximate surface area is 124 Å². The van der Waals surface area contributed by atoms with Crippen LogP contribution >= 0.6 is 11.6 Å². The molecule has 0 aliphatic heterocycles. The lowest BCUT2D eigenvalue weighted by atomic mass is 10.2. The SMILES string of the molecule is CCc1nn(C)c2c1nc(CCCl)n2CC(C)COC. The van der Waals surface area contributed by atoms with E-state index >= 15 is 0 Å². The largest absolute Gasteiger partial charge is 0.384 e. The molecule has 0 aliphatic carbocycles. The van der Waals surface area contributed by atoms with Crippen molar-refractivity contribution in [1.82, 2.24) is 19.3 Å². The van der Waals surface area contributed by atoms with Crippen molar-refractivity contribution in [3.8, 4) is 0 Å². The standard InChI is InChI=1S/C14H23ClN4O/c1-5-11-13-14(18(3)17-11)19(8-10(2)9-20-4)12(16-13)6-7-15/h10H,5-9H2,1-4H3. The molecular weight excluding hydrogens is 276 g/mol. The second-order valence-corrected chi connectivity index (χ2v) is 5.61. The van der Waals surface area contributed by atoms with Gasteiger partial charge in [-0.2, -0.15) is 5.10 Å². The normalized spacial score (nSPS) is 13.2. The molecule has 0 saturated heterocycles. The van der Waals surface area contributed by atoms with Gasteiger partial charge in [0, 0.05) is 33.0 Å². The van der Waals surface area contributed by atoms with Crippen molar-refractivity contribution < 1.29 is 4.74 Å². The summed E-state index contributed by atoms with van der Waals surface area (Å²) in [5.74, 6) is 2.05. The Hall–Kier alpha value is -1.07. The number of rotatable bonds is 7. The monoisotopic (exact) mass is 298 g/mol. The van der Waals surface area contributed by atoms with Gasteiger partial charge >= 0.3 is 0 Å². The molecular formula is C14H23ClN4O. The van der Waals surface area contributed by atoms with Gasteiger partial charge in [0.05, 0.1) is 12.3 Å². The quantitative estimate of drug-likeness (QED) is 0.737. The number of alkyl halides is 1. The molecule has 5 nitrogen and oxygen atoms in total. The van der Waals surface area contributed by atoms with Crippen LogP contribution in [0.4, 0.5) is 0 Å². The van der Waals surface area contributed by atoms with Crippen molar-refractivity contribution in [3.05, 3.63) is 11.5 Å². The Morgan fingerprint density at radius 1 is 1.40 bits per heavy atom. The molecule has 0 amide bonds. The third kappa shape index (κ3) is 2.83. The Morgan fingerprint density at radius 3 is 2.75 bits per heavy atom. The summed E-state index contributed by atoms with van der Waals surface area (Å²) in [6.45, 7) is 5.89. The predicted octanol–water partition coefficient (Wildman–Crippen LogP) is 2.40. The fourth-order valence-electron chi connectivity index (χ4n) is 2.64. The van der Waals surface area contributed by atoms with Crippen molar-refractivity contribution in [1.29, 1.82) is 0 Å². The molecule has 0 spiro atoms. The first kappa shape index (κ1) is 15.3. The minimum absolute atomic E-state index is 0.423. The molecule has 2 rings (SSSR count). The van der Waals surface area contributed by atoms with Crippen LogP contribution in [0.25, 0.3) is 11.2 Å². The number of nitrogens with zero attached hydrogens (tertiary/aromatic N) is 4. The van der Waals surface area contributed by atoms with Crippen molar-refractivity contribution in [2.24, 2.45) is 13.0 Å². The highest BCUT2D eigenvalue weighted by atomic mass is 35.5. The first-order chi connectivity index (χ1) is 9.62. The zero-order chi connectivity index (χ0) is 14.7. The van der Waals surface area contributed by atoms with Gasteiger partial charge < -0.3 is 9.30 Å². The van der Waals surface area contributed by atoms with Gasteiger partial charge in [0.15, 0.2) is 5.65 Å². The van der Waals surface area contributed by atoms with Gasteiger partial charge in [0.25, 0.3) is 0 Å². The summed E-state index contributed by atoms with van der Waals surface area (Å²) >= 11 is 5.91. The zero-order valence-electron chi connectivity index (χ0n) is 12.7. The second-order valence-electron chi connectivity index (χ2n) is 5.23. The van der Waals surface area contributed by atoms with Gasteiger partial charge in [-0.1, -0.05) is 13.8 Å². The number of ether oxygens (including phenoxy) is 1. The van der Waals surface area contributed by atoms with Gasteiger partial charge in [0.2, 0.25) is 0 Å². The van der Waals surface area contributed by atoms with E-state index in [9.17, 15) is 0 Å². The van der Waals surface area contributed by atoms with Crippen LogP contribution in [0.2, 0.25) is 0 Å². The van der Waals surface area contributed by atoms with E-state index in [0.29, 0.717) is 11.8 Å². The van der Waals surface area contributed by atoms with Gasteiger partial charge in [-0.05, 0) is 12.3 Å². The van der Waals surface area contributed by atoms with Crippen LogP contribution in [0.1, 0.15) is 25.4 Å². The average Bonchev–Trinajstić information content (AvgIpc) is 2.90. The van der Waals surface area contributed by atoms with Crippen LogP contribution in [-0.2, 0) is 31.2 Å². The minimum Gasteiger partial charge on any atom is -0.384 e. The zero-order valence-corrected chi connectivity index (χ0v) is 13.4. The Bertz CT molecular complexity index is 575. The molecule has 0 aromatic carbocycles. The molecule has 0 fully saturated rings. The van der Waals surface area contributed by atoms with Crippen molar-refractivity contribution in [3.63, 3.8) is 0 Å². The Kier molecular flexibility index (Phi) is 5.05. The molecule has 20 heavy (non-hydrogen) atoms. The third-order valence-corrected chi connectivity index (χ3v) is 3.66. The summed E-state index contributed by atoms with van der Waals surface area (Å²) in [6.07, 6.45) is 1.67. The fourth-order valence-corrected chi connectivity index (χ4v) is 2.81. The van der Waals surface area contributed by atoms with Crippen LogP contribution in [0, 0.1) is 5.92 Å². The number of aromatic nitrogens is 4. The fraction of sp³-hybridized carbons (Fsp3) is 0.714. The first-order valence-corrected chi connectivity index (χ1v) is 7.61. The number of imidazole rings is 1. The van der Waals surface area contributed by atoms with Crippen LogP contribution in [-0.4, -0.2) is 38.9 Å². The van der Waals surface area contributed by atoms with E-state index in [1.54, 1.807) is 7.11 Å². The maximum Gasteiger partial charge on any atom is 0.158 e. The molecule has 2 aromatic rings. The maximum absolute atomic E-state index is 5.91. The van der Waals surface area contributed by atoms with Gasteiger partial charge in [-0.25, -0.2) is 4.98 Å². The smallest absolute Gasteiger partial charge is 0.158 e. The molecule has 1 atom stereocenters. The summed E-state index contributed by atoms with van der Waals surface area (Å²) in [5.41, 5.74) is 3.15. The molecule has 112 valence electrons. The van der Waals surface area contributed by atoms with E-state index in [-0.39, 0.29) is 0 Å². The number of halogens is 1. The number of hydrogen-bond acceptors (Lipinski definition) is 3. The van der Waals surface area contributed by atoms with E-state index in [2.05, 4.69) is 23.5 Å².